The largest absolute Gasteiger partial charge is 0.490 e. The number of benzene rings is 1. The van der Waals surface area contributed by atoms with Crippen molar-refractivity contribution in [3.63, 3.8) is 0 Å². The Labute approximate surface area is 110 Å². The van der Waals surface area contributed by atoms with E-state index in [-0.39, 0.29) is 34.9 Å². The summed E-state index contributed by atoms with van der Waals surface area (Å²) < 4.78 is 53.7. The molecule has 8 heteroatoms. The lowest BCUT2D eigenvalue weighted by Gasteiger charge is -2.09. The molecule has 100 valence electrons. The fourth-order valence-electron chi connectivity index (χ4n) is 1.08. The van der Waals surface area contributed by atoms with Gasteiger partial charge in [0.15, 0.2) is 11.6 Å². The third-order valence-electron chi connectivity index (χ3n) is 1.82. The molecule has 0 aliphatic heterocycles. The molecular weight excluding hydrogens is 290 g/mol. The number of ether oxygens (including phenoxy) is 1. The van der Waals surface area contributed by atoms with E-state index in [9.17, 15) is 17.6 Å². The van der Waals surface area contributed by atoms with Gasteiger partial charge in [-0.15, -0.1) is 0 Å². The maximum Gasteiger partial charge on any atom is 0.441 e. The molecule has 1 aromatic carbocycles. The summed E-state index contributed by atoms with van der Waals surface area (Å²) in [7, 11) is 0. The van der Waals surface area contributed by atoms with Crippen LogP contribution in [0.1, 0.15) is 5.56 Å². The molecule has 0 unspecified atom stereocenters. The molecule has 2 N–H and O–H groups in total. The number of hydrogen-bond donors (Lipinski definition) is 1. The molecule has 0 amide bonds. The van der Waals surface area contributed by atoms with E-state index in [2.05, 4.69) is 12.2 Å². The number of halogens is 4. The molecule has 0 spiro atoms. The predicted molar refractivity (Wildman–Crippen MR) is 66.3 cm³/mol. The van der Waals surface area contributed by atoms with Gasteiger partial charge in [0.2, 0.25) is 0 Å². The molecule has 0 saturated heterocycles. The molecule has 1 aromatic rings. The van der Waals surface area contributed by atoms with Gasteiger partial charge in [-0.1, -0.05) is 12.2 Å². The average Bonchev–Trinajstić information content (AvgIpc) is 2.24. The van der Waals surface area contributed by atoms with Crippen molar-refractivity contribution in [3.8, 4) is 5.75 Å². The van der Waals surface area contributed by atoms with E-state index >= 15 is 0 Å². The summed E-state index contributed by atoms with van der Waals surface area (Å²) in [5, 5.41) is 0. The van der Waals surface area contributed by atoms with Gasteiger partial charge in [0.25, 0.3) is 0 Å². The highest BCUT2D eigenvalue weighted by atomic mass is 32.2. The molecule has 18 heavy (non-hydrogen) atoms. The number of nitrogens with two attached hydrogens (primary N) is 1. The number of hydrogen-bond acceptors (Lipinski definition) is 3. The summed E-state index contributed by atoms with van der Waals surface area (Å²) in [6.07, 6.45) is 0. The molecule has 2 nitrogen and oxygen atoms in total. The summed E-state index contributed by atoms with van der Waals surface area (Å²) in [6, 6.07) is 3.80. The summed E-state index contributed by atoms with van der Waals surface area (Å²) in [5.41, 5.74) is 1.32. The maximum atomic E-state index is 13.4. The lowest BCUT2D eigenvalue weighted by molar-refractivity contribution is -0.0329. The van der Waals surface area contributed by atoms with Crippen molar-refractivity contribution in [1.29, 1.82) is 0 Å². The first-order valence-corrected chi connectivity index (χ1v) is 6.12. The summed E-state index contributed by atoms with van der Waals surface area (Å²) in [5.74, 6) is -1.14. The molecule has 0 fully saturated rings. The van der Waals surface area contributed by atoms with E-state index in [0.717, 1.165) is 6.07 Å². The Morgan fingerprint density at radius 1 is 1.39 bits per heavy atom. The third-order valence-corrected chi connectivity index (χ3v) is 2.76. The maximum absolute atomic E-state index is 13.4. The number of thioether (sulfide) groups is 1. The van der Waals surface area contributed by atoms with Gasteiger partial charge < -0.3 is 10.5 Å². The van der Waals surface area contributed by atoms with E-state index in [1.165, 1.54) is 12.1 Å². The molecule has 1 rings (SSSR count). The van der Waals surface area contributed by atoms with Crippen LogP contribution in [0, 0.1) is 5.82 Å². The quantitative estimate of drug-likeness (QED) is 0.515. The van der Waals surface area contributed by atoms with Crippen LogP contribution in [0.4, 0.5) is 17.6 Å². The van der Waals surface area contributed by atoms with Gasteiger partial charge >= 0.3 is 5.51 Å². The van der Waals surface area contributed by atoms with Crippen LogP contribution in [0.5, 0.6) is 5.75 Å². The van der Waals surface area contributed by atoms with Crippen molar-refractivity contribution < 1.29 is 22.3 Å². The standard InChI is InChI=1S/C10H9F4NOS2/c11-7-5-6(9(15)17)1-2-8(7)16-3-4-18-10(12,13)14/h1-2,5H,3-4H2,(H2,15,17). The lowest BCUT2D eigenvalue weighted by atomic mass is 10.2. The van der Waals surface area contributed by atoms with Crippen LogP contribution in [0.15, 0.2) is 18.2 Å². The van der Waals surface area contributed by atoms with Crippen LogP contribution in [0.3, 0.4) is 0 Å². The van der Waals surface area contributed by atoms with Crippen LogP contribution in [-0.4, -0.2) is 22.9 Å². The van der Waals surface area contributed by atoms with Gasteiger partial charge in [-0.25, -0.2) is 4.39 Å². The van der Waals surface area contributed by atoms with Gasteiger partial charge in [-0.05, 0) is 30.0 Å². The van der Waals surface area contributed by atoms with Gasteiger partial charge in [0.1, 0.15) is 4.99 Å². The highest BCUT2D eigenvalue weighted by molar-refractivity contribution is 8.00. The Hall–Kier alpha value is -1.02. The van der Waals surface area contributed by atoms with Gasteiger partial charge in [-0.2, -0.15) is 13.2 Å². The van der Waals surface area contributed by atoms with Crippen molar-refractivity contribution in [3.05, 3.63) is 29.6 Å². The third kappa shape index (κ3) is 5.09. The van der Waals surface area contributed by atoms with E-state index in [1.807, 2.05) is 0 Å². The molecule has 0 bridgehead atoms. The first-order valence-electron chi connectivity index (χ1n) is 4.72. The highest BCUT2D eigenvalue weighted by Gasteiger charge is 2.27. The van der Waals surface area contributed by atoms with Crippen LogP contribution in [-0.2, 0) is 0 Å². The fourth-order valence-corrected chi connectivity index (χ4v) is 1.61. The Balaban J connectivity index is 2.51. The second-order valence-electron chi connectivity index (χ2n) is 3.15. The van der Waals surface area contributed by atoms with E-state index < -0.39 is 11.3 Å². The second-order valence-corrected chi connectivity index (χ2v) is 4.75. The average molecular weight is 299 g/mol. The van der Waals surface area contributed by atoms with Gasteiger partial charge in [-0.3, -0.25) is 0 Å². The van der Waals surface area contributed by atoms with Crippen LogP contribution < -0.4 is 10.5 Å². The van der Waals surface area contributed by atoms with Crippen molar-refractivity contribution in [2.75, 3.05) is 12.4 Å². The van der Waals surface area contributed by atoms with Crippen LogP contribution >= 0.6 is 24.0 Å². The minimum atomic E-state index is -4.31. The monoisotopic (exact) mass is 299 g/mol. The topological polar surface area (TPSA) is 35.2 Å². The van der Waals surface area contributed by atoms with Crippen molar-refractivity contribution in [1.82, 2.24) is 0 Å². The molecule has 0 aliphatic carbocycles. The second kappa shape index (κ2) is 6.24. The smallest absolute Gasteiger partial charge is 0.441 e. The Kier molecular flexibility index (Phi) is 5.21. The zero-order chi connectivity index (χ0) is 13.8. The van der Waals surface area contributed by atoms with E-state index in [0.29, 0.717) is 5.56 Å². The molecular formula is C10H9F4NOS2. The zero-order valence-corrected chi connectivity index (χ0v) is 10.6. The van der Waals surface area contributed by atoms with E-state index in [4.69, 9.17) is 10.5 Å². The zero-order valence-electron chi connectivity index (χ0n) is 8.96. The fraction of sp³-hybridized carbons (Fsp3) is 0.300. The van der Waals surface area contributed by atoms with Crippen molar-refractivity contribution >= 4 is 29.0 Å². The molecule has 0 saturated carbocycles. The number of alkyl halides is 3. The SMILES string of the molecule is NC(=S)c1ccc(OCCSC(F)(F)F)c(F)c1. The summed E-state index contributed by atoms with van der Waals surface area (Å²) in [4.78, 5) is 0.0353. The molecule has 0 heterocycles. The van der Waals surface area contributed by atoms with Crippen LogP contribution in [0.25, 0.3) is 0 Å². The van der Waals surface area contributed by atoms with Crippen molar-refractivity contribution in [2.24, 2.45) is 5.73 Å². The summed E-state index contributed by atoms with van der Waals surface area (Å²) in [6.45, 7) is -0.243. The Bertz CT molecular complexity index is 436. The predicted octanol–water partition coefficient (Wildman–Crippen LogP) is 3.09. The van der Waals surface area contributed by atoms with Crippen molar-refractivity contribution in [2.45, 2.75) is 5.51 Å². The minimum Gasteiger partial charge on any atom is -0.490 e. The van der Waals surface area contributed by atoms with Gasteiger partial charge in [0, 0.05) is 11.3 Å². The number of rotatable bonds is 5. The molecule has 0 aliphatic rings. The molecule has 0 aromatic heterocycles. The summed E-state index contributed by atoms with van der Waals surface area (Å²) >= 11 is 4.43. The number of thiocarbonyl (C=S) groups is 1. The van der Waals surface area contributed by atoms with Crippen LogP contribution in [0.2, 0.25) is 0 Å². The Morgan fingerprint density at radius 3 is 2.56 bits per heavy atom. The first kappa shape index (κ1) is 15.0. The Morgan fingerprint density at radius 2 is 2.06 bits per heavy atom. The molecule has 0 radical (unpaired) electrons. The minimum absolute atomic E-state index is 0.0353. The highest BCUT2D eigenvalue weighted by Crippen LogP contribution is 2.30. The normalized spacial score (nSPS) is 11.3. The molecule has 0 atom stereocenters. The van der Waals surface area contributed by atoms with Gasteiger partial charge in [0.05, 0.1) is 6.61 Å². The lowest BCUT2D eigenvalue weighted by Crippen LogP contribution is -2.11. The van der Waals surface area contributed by atoms with E-state index in [1.54, 1.807) is 0 Å². The first-order chi connectivity index (χ1) is 8.29.